The third kappa shape index (κ3) is 3.75. The van der Waals surface area contributed by atoms with Gasteiger partial charge in [0.2, 0.25) is 0 Å². The third-order valence-corrected chi connectivity index (χ3v) is 3.29. The molecule has 0 bridgehead atoms. The van der Waals surface area contributed by atoms with Crippen LogP contribution >= 0.6 is 0 Å². The Hall–Kier alpha value is -0.630. The summed E-state index contributed by atoms with van der Waals surface area (Å²) in [5.41, 5.74) is -0.379. The van der Waals surface area contributed by atoms with Gasteiger partial charge in [-0.25, -0.2) is 0 Å². The molecule has 1 saturated heterocycles. The van der Waals surface area contributed by atoms with Crippen LogP contribution in [0.15, 0.2) is 0 Å². The van der Waals surface area contributed by atoms with E-state index in [0.717, 1.165) is 45.5 Å². The van der Waals surface area contributed by atoms with E-state index in [1.807, 2.05) is 14.0 Å². The summed E-state index contributed by atoms with van der Waals surface area (Å²) in [6, 6.07) is 2.35. The van der Waals surface area contributed by atoms with Crippen LogP contribution in [0, 0.1) is 11.3 Å². The maximum Gasteiger partial charge on any atom is 0.106 e. The minimum atomic E-state index is -0.379. The first-order valence-corrected chi connectivity index (χ1v) is 6.06. The molecule has 1 rings (SSSR count). The highest BCUT2D eigenvalue weighted by molar-refractivity contribution is 5.05. The van der Waals surface area contributed by atoms with Crippen molar-refractivity contribution in [2.24, 2.45) is 0 Å². The summed E-state index contributed by atoms with van der Waals surface area (Å²) < 4.78 is 10.9. The summed E-state index contributed by atoms with van der Waals surface area (Å²) in [6.45, 7) is 4.30. The predicted molar refractivity (Wildman–Crippen MR) is 62.1 cm³/mol. The Balaban J connectivity index is 2.15. The van der Waals surface area contributed by atoms with Crippen LogP contribution in [-0.2, 0) is 9.47 Å². The van der Waals surface area contributed by atoms with Crippen molar-refractivity contribution in [2.45, 2.75) is 44.2 Å². The Morgan fingerprint density at radius 3 is 2.94 bits per heavy atom. The average Bonchev–Trinajstić information content (AvgIpc) is 2.83. The highest BCUT2D eigenvalue weighted by Gasteiger charge is 2.25. The number of ether oxygens (including phenoxy) is 2. The van der Waals surface area contributed by atoms with Crippen molar-refractivity contribution >= 4 is 0 Å². The van der Waals surface area contributed by atoms with Crippen LogP contribution in [0.3, 0.4) is 0 Å². The molecule has 92 valence electrons. The van der Waals surface area contributed by atoms with E-state index >= 15 is 0 Å². The number of nitriles is 1. The third-order valence-electron chi connectivity index (χ3n) is 3.29. The fourth-order valence-corrected chi connectivity index (χ4v) is 1.94. The summed E-state index contributed by atoms with van der Waals surface area (Å²) in [7, 11) is 1.85. The molecule has 0 spiro atoms. The molecule has 4 heteroatoms. The maximum absolute atomic E-state index is 9.11. The second-order valence-electron chi connectivity index (χ2n) is 4.26. The lowest BCUT2D eigenvalue weighted by Crippen LogP contribution is -2.41. The molecule has 0 saturated carbocycles. The van der Waals surface area contributed by atoms with Gasteiger partial charge >= 0.3 is 0 Å². The van der Waals surface area contributed by atoms with Gasteiger partial charge in [-0.15, -0.1) is 0 Å². The fourth-order valence-electron chi connectivity index (χ4n) is 1.94. The van der Waals surface area contributed by atoms with Gasteiger partial charge in [0.1, 0.15) is 5.54 Å². The van der Waals surface area contributed by atoms with Gasteiger partial charge in [0.15, 0.2) is 0 Å². The standard InChI is InChI=1S/C12H22N2O2/c1-3-12(10-13,14-2)6-4-7-16-11-5-8-15-9-11/h11,14H,3-9H2,1-2H3. The quantitative estimate of drug-likeness (QED) is 0.668. The van der Waals surface area contributed by atoms with Crippen molar-refractivity contribution in [2.75, 3.05) is 26.9 Å². The molecule has 0 aromatic carbocycles. The van der Waals surface area contributed by atoms with Crippen LogP contribution in [0.5, 0.6) is 0 Å². The van der Waals surface area contributed by atoms with Crippen LogP contribution in [-0.4, -0.2) is 38.5 Å². The Labute approximate surface area is 97.9 Å². The molecule has 0 amide bonds. The number of hydrogen-bond donors (Lipinski definition) is 1. The Kier molecular flexibility index (Phi) is 5.75. The molecule has 0 aromatic rings. The van der Waals surface area contributed by atoms with Crippen LogP contribution in [0.2, 0.25) is 0 Å². The van der Waals surface area contributed by atoms with E-state index in [2.05, 4.69) is 11.4 Å². The van der Waals surface area contributed by atoms with Crippen molar-refractivity contribution < 1.29 is 9.47 Å². The zero-order chi connectivity index (χ0) is 11.9. The number of rotatable bonds is 7. The highest BCUT2D eigenvalue weighted by Crippen LogP contribution is 2.16. The smallest absolute Gasteiger partial charge is 0.106 e. The maximum atomic E-state index is 9.11. The molecule has 1 aliphatic rings. The summed E-state index contributed by atoms with van der Waals surface area (Å²) in [5.74, 6) is 0. The molecule has 4 nitrogen and oxygen atoms in total. The summed E-state index contributed by atoms with van der Waals surface area (Å²) in [4.78, 5) is 0. The minimum absolute atomic E-state index is 0.271. The molecule has 2 atom stereocenters. The monoisotopic (exact) mass is 226 g/mol. The second kappa shape index (κ2) is 6.85. The first-order valence-electron chi connectivity index (χ1n) is 6.06. The topological polar surface area (TPSA) is 54.3 Å². The van der Waals surface area contributed by atoms with Crippen LogP contribution in [0.1, 0.15) is 32.6 Å². The van der Waals surface area contributed by atoms with E-state index in [4.69, 9.17) is 14.7 Å². The Bertz CT molecular complexity index is 228. The normalized spacial score (nSPS) is 23.9. The van der Waals surface area contributed by atoms with E-state index in [9.17, 15) is 0 Å². The van der Waals surface area contributed by atoms with Crippen molar-refractivity contribution in [1.29, 1.82) is 5.26 Å². The second-order valence-corrected chi connectivity index (χ2v) is 4.26. The molecular weight excluding hydrogens is 204 g/mol. The largest absolute Gasteiger partial charge is 0.379 e. The van der Waals surface area contributed by atoms with Crippen molar-refractivity contribution in [3.05, 3.63) is 0 Å². The first-order chi connectivity index (χ1) is 7.76. The lowest BCUT2D eigenvalue weighted by Gasteiger charge is -2.24. The van der Waals surface area contributed by atoms with Crippen molar-refractivity contribution in [3.8, 4) is 6.07 Å². The summed E-state index contributed by atoms with van der Waals surface area (Å²) >= 11 is 0. The molecule has 0 aliphatic carbocycles. The molecule has 2 unspecified atom stereocenters. The van der Waals surface area contributed by atoms with E-state index in [1.165, 1.54) is 0 Å². The average molecular weight is 226 g/mol. The van der Waals surface area contributed by atoms with E-state index in [0.29, 0.717) is 0 Å². The Morgan fingerprint density at radius 1 is 1.62 bits per heavy atom. The van der Waals surface area contributed by atoms with Gasteiger partial charge in [-0.05, 0) is 32.7 Å². The van der Waals surface area contributed by atoms with Crippen molar-refractivity contribution in [1.82, 2.24) is 5.32 Å². The number of nitrogens with zero attached hydrogens (tertiary/aromatic N) is 1. The predicted octanol–water partition coefficient (Wildman–Crippen LogP) is 1.46. The van der Waals surface area contributed by atoms with Crippen molar-refractivity contribution in [3.63, 3.8) is 0 Å². The van der Waals surface area contributed by atoms with Crippen LogP contribution < -0.4 is 5.32 Å². The highest BCUT2D eigenvalue weighted by atomic mass is 16.5. The minimum Gasteiger partial charge on any atom is -0.379 e. The van der Waals surface area contributed by atoms with Gasteiger partial charge < -0.3 is 14.8 Å². The number of hydrogen-bond acceptors (Lipinski definition) is 4. The van der Waals surface area contributed by atoms with E-state index < -0.39 is 0 Å². The van der Waals surface area contributed by atoms with Gasteiger partial charge in [-0.1, -0.05) is 6.92 Å². The lowest BCUT2D eigenvalue weighted by atomic mass is 9.92. The zero-order valence-corrected chi connectivity index (χ0v) is 10.3. The Morgan fingerprint density at radius 2 is 2.44 bits per heavy atom. The summed E-state index contributed by atoms with van der Waals surface area (Å²) in [5, 5.41) is 12.2. The van der Waals surface area contributed by atoms with E-state index in [1.54, 1.807) is 0 Å². The summed E-state index contributed by atoms with van der Waals surface area (Å²) in [6.07, 6.45) is 3.85. The van der Waals surface area contributed by atoms with Gasteiger partial charge in [-0.3, -0.25) is 0 Å². The molecule has 1 heterocycles. The first kappa shape index (κ1) is 13.4. The molecule has 16 heavy (non-hydrogen) atoms. The molecule has 0 radical (unpaired) electrons. The van der Waals surface area contributed by atoms with E-state index in [-0.39, 0.29) is 11.6 Å². The lowest BCUT2D eigenvalue weighted by molar-refractivity contribution is 0.0388. The van der Waals surface area contributed by atoms with Crippen LogP contribution in [0.4, 0.5) is 0 Å². The molecule has 0 aromatic heterocycles. The van der Waals surface area contributed by atoms with Gasteiger partial charge in [-0.2, -0.15) is 5.26 Å². The van der Waals surface area contributed by atoms with Gasteiger partial charge in [0.05, 0.1) is 18.8 Å². The SMILES string of the molecule is CCC(C#N)(CCCOC1CCOC1)NC. The van der Waals surface area contributed by atoms with Gasteiger partial charge in [0.25, 0.3) is 0 Å². The fraction of sp³-hybridized carbons (Fsp3) is 0.917. The molecule has 1 fully saturated rings. The number of nitrogens with one attached hydrogen (secondary N) is 1. The van der Waals surface area contributed by atoms with Gasteiger partial charge in [0, 0.05) is 13.2 Å². The zero-order valence-electron chi connectivity index (χ0n) is 10.3. The molecule has 1 aliphatic heterocycles. The molecule has 1 N–H and O–H groups in total. The van der Waals surface area contributed by atoms with Crippen LogP contribution in [0.25, 0.3) is 0 Å². The molecular formula is C12H22N2O2.